The Morgan fingerprint density at radius 2 is 1.77 bits per heavy atom. The lowest BCUT2D eigenvalue weighted by molar-refractivity contribution is 0.122. The molecule has 0 aliphatic carbocycles. The van der Waals surface area contributed by atoms with Crippen molar-refractivity contribution < 1.29 is 22.4 Å². The molecule has 1 saturated heterocycles. The number of aromatic nitrogens is 3. The second-order valence-corrected chi connectivity index (χ2v) is 11.7. The summed E-state index contributed by atoms with van der Waals surface area (Å²) in [6.07, 6.45) is 3.33. The molecule has 0 amide bonds. The van der Waals surface area contributed by atoms with E-state index in [1.807, 2.05) is 42.5 Å². The van der Waals surface area contributed by atoms with Crippen molar-refractivity contribution in [3.8, 4) is 28.6 Å². The highest BCUT2D eigenvalue weighted by atomic mass is 32.2. The van der Waals surface area contributed by atoms with Gasteiger partial charge in [-0.15, -0.1) is 0 Å². The largest absolute Gasteiger partial charge is 0.494 e. The standard InChI is InChI=1S/C28H30N4O6S/c1-39(34,35)17-3-14-37-25-5-2-4-21(18-25)19-32-20-23(8-11-26(32)33)27-29-28(38-30-27)22-6-9-24(10-7-22)31-12-15-36-16-13-31/h2,4-11,18,20H,3,12-17,19H2,1H3. The van der Waals surface area contributed by atoms with E-state index in [9.17, 15) is 13.2 Å². The number of anilines is 1. The van der Waals surface area contributed by atoms with Crippen molar-refractivity contribution in [2.75, 3.05) is 49.8 Å². The fraction of sp³-hybridized carbons (Fsp3) is 0.321. The van der Waals surface area contributed by atoms with Crippen LogP contribution in [-0.4, -0.2) is 68.0 Å². The van der Waals surface area contributed by atoms with Crippen molar-refractivity contribution in [2.24, 2.45) is 0 Å². The zero-order chi connectivity index (χ0) is 27.2. The van der Waals surface area contributed by atoms with Crippen LogP contribution >= 0.6 is 0 Å². The molecule has 1 aliphatic heterocycles. The summed E-state index contributed by atoms with van der Waals surface area (Å²) in [7, 11) is -3.02. The number of sulfone groups is 1. The fourth-order valence-electron chi connectivity index (χ4n) is 4.32. The lowest BCUT2D eigenvalue weighted by atomic mass is 10.2. The van der Waals surface area contributed by atoms with Crippen molar-refractivity contribution >= 4 is 15.5 Å². The van der Waals surface area contributed by atoms with Gasteiger partial charge in [0, 0.05) is 48.4 Å². The molecular weight excluding hydrogens is 520 g/mol. The van der Waals surface area contributed by atoms with Crippen molar-refractivity contribution in [1.82, 2.24) is 14.7 Å². The highest BCUT2D eigenvalue weighted by Gasteiger charge is 2.15. The molecule has 2 aromatic carbocycles. The molecular formula is C28H30N4O6S. The van der Waals surface area contributed by atoms with Gasteiger partial charge in [-0.1, -0.05) is 17.3 Å². The number of nitrogens with zero attached hydrogens (tertiary/aromatic N) is 4. The third-order valence-electron chi connectivity index (χ3n) is 6.34. The molecule has 2 aromatic heterocycles. The van der Waals surface area contributed by atoms with E-state index in [4.69, 9.17) is 14.0 Å². The van der Waals surface area contributed by atoms with Gasteiger partial charge < -0.3 is 23.5 Å². The van der Waals surface area contributed by atoms with Gasteiger partial charge in [0.15, 0.2) is 0 Å². The van der Waals surface area contributed by atoms with Gasteiger partial charge in [0.1, 0.15) is 15.6 Å². The van der Waals surface area contributed by atoms with Crippen molar-refractivity contribution in [2.45, 2.75) is 13.0 Å². The molecule has 0 N–H and O–H groups in total. The lowest BCUT2D eigenvalue weighted by Crippen LogP contribution is -2.36. The molecule has 3 heterocycles. The number of benzene rings is 2. The van der Waals surface area contributed by atoms with Crippen LogP contribution in [0.1, 0.15) is 12.0 Å². The Balaban J connectivity index is 1.27. The number of rotatable bonds is 10. The number of hydrogen-bond donors (Lipinski definition) is 0. The molecule has 0 atom stereocenters. The molecule has 0 saturated carbocycles. The van der Waals surface area contributed by atoms with Gasteiger partial charge in [-0.3, -0.25) is 4.79 Å². The molecule has 5 rings (SSSR count). The Hall–Kier alpha value is -3.96. The van der Waals surface area contributed by atoms with Crippen molar-refractivity contribution in [3.63, 3.8) is 0 Å². The minimum Gasteiger partial charge on any atom is -0.494 e. The highest BCUT2D eigenvalue weighted by Crippen LogP contribution is 2.25. The van der Waals surface area contributed by atoms with E-state index in [2.05, 4.69) is 15.0 Å². The van der Waals surface area contributed by atoms with Gasteiger partial charge in [-0.2, -0.15) is 4.98 Å². The summed E-state index contributed by atoms with van der Waals surface area (Å²) in [5.74, 6) is 1.48. The second kappa shape index (κ2) is 11.8. The van der Waals surface area contributed by atoms with E-state index in [0.29, 0.717) is 42.6 Å². The van der Waals surface area contributed by atoms with Crippen LogP contribution in [0.2, 0.25) is 0 Å². The normalized spacial score (nSPS) is 13.9. The van der Waals surface area contributed by atoms with E-state index < -0.39 is 9.84 Å². The first kappa shape index (κ1) is 26.6. The van der Waals surface area contributed by atoms with Gasteiger partial charge in [0.25, 0.3) is 11.4 Å². The summed E-state index contributed by atoms with van der Waals surface area (Å²) in [5.41, 5.74) is 3.29. The maximum absolute atomic E-state index is 12.6. The van der Waals surface area contributed by atoms with E-state index in [1.54, 1.807) is 22.9 Å². The Kier molecular flexibility index (Phi) is 8.08. The summed E-state index contributed by atoms with van der Waals surface area (Å²) in [4.78, 5) is 19.4. The van der Waals surface area contributed by atoms with Gasteiger partial charge >= 0.3 is 0 Å². The van der Waals surface area contributed by atoms with Gasteiger partial charge in [0.2, 0.25) is 5.82 Å². The first-order valence-electron chi connectivity index (χ1n) is 12.7. The number of hydrogen-bond acceptors (Lipinski definition) is 9. The van der Waals surface area contributed by atoms with E-state index in [0.717, 1.165) is 43.1 Å². The van der Waals surface area contributed by atoms with Crippen molar-refractivity contribution in [1.29, 1.82) is 0 Å². The smallest absolute Gasteiger partial charge is 0.258 e. The Labute approximate surface area is 226 Å². The van der Waals surface area contributed by atoms with Crippen LogP contribution in [-0.2, 0) is 21.1 Å². The summed E-state index contributed by atoms with van der Waals surface area (Å²) in [5, 5.41) is 4.13. The maximum atomic E-state index is 12.6. The lowest BCUT2D eigenvalue weighted by Gasteiger charge is -2.28. The van der Waals surface area contributed by atoms with Crippen LogP contribution in [0.15, 0.2) is 76.2 Å². The molecule has 0 spiro atoms. The number of morpholine rings is 1. The van der Waals surface area contributed by atoms with Crippen LogP contribution in [0, 0.1) is 0 Å². The van der Waals surface area contributed by atoms with Crippen LogP contribution in [0.5, 0.6) is 5.75 Å². The second-order valence-electron chi connectivity index (χ2n) is 9.43. The van der Waals surface area contributed by atoms with E-state index >= 15 is 0 Å². The minimum absolute atomic E-state index is 0.0758. The summed E-state index contributed by atoms with van der Waals surface area (Å²) in [6, 6.07) is 18.5. The Bertz CT molecular complexity index is 1570. The zero-order valence-electron chi connectivity index (χ0n) is 21.7. The molecule has 4 aromatic rings. The van der Waals surface area contributed by atoms with Crippen LogP contribution < -0.4 is 15.2 Å². The molecule has 1 fully saturated rings. The Morgan fingerprint density at radius 1 is 1.00 bits per heavy atom. The van der Waals surface area contributed by atoms with Crippen LogP contribution in [0.4, 0.5) is 5.69 Å². The SMILES string of the molecule is CS(=O)(=O)CCCOc1cccc(Cn2cc(-c3noc(-c4ccc(N5CCOCC5)cc4)n3)ccc2=O)c1. The van der Waals surface area contributed by atoms with Crippen molar-refractivity contribution in [3.05, 3.63) is 82.8 Å². The molecule has 11 heteroatoms. The average molecular weight is 551 g/mol. The van der Waals surface area contributed by atoms with Crippen LogP contribution in [0.25, 0.3) is 22.8 Å². The maximum Gasteiger partial charge on any atom is 0.258 e. The molecule has 0 bridgehead atoms. The van der Waals surface area contributed by atoms with Gasteiger partial charge in [-0.05, 0) is 54.4 Å². The third kappa shape index (κ3) is 7.12. The number of pyridine rings is 1. The van der Waals surface area contributed by atoms with Gasteiger partial charge in [-0.25, -0.2) is 8.42 Å². The summed E-state index contributed by atoms with van der Waals surface area (Å²) < 4.78 is 40.8. The Morgan fingerprint density at radius 3 is 2.54 bits per heavy atom. The van der Waals surface area contributed by atoms with Crippen LogP contribution in [0.3, 0.4) is 0 Å². The topological polar surface area (TPSA) is 117 Å². The number of ether oxygens (including phenoxy) is 2. The molecule has 0 radical (unpaired) electrons. The fourth-order valence-corrected chi connectivity index (χ4v) is 4.97. The average Bonchev–Trinajstić information content (AvgIpc) is 3.43. The third-order valence-corrected chi connectivity index (χ3v) is 7.37. The van der Waals surface area contributed by atoms with E-state index in [-0.39, 0.29) is 11.3 Å². The van der Waals surface area contributed by atoms with E-state index in [1.165, 1.54) is 12.3 Å². The monoisotopic (exact) mass is 550 g/mol. The molecule has 0 unspecified atom stereocenters. The predicted molar refractivity (Wildman–Crippen MR) is 148 cm³/mol. The molecule has 39 heavy (non-hydrogen) atoms. The first-order valence-corrected chi connectivity index (χ1v) is 14.8. The quantitative estimate of drug-likeness (QED) is 0.274. The summed E-state index contributed by atoms with van der Waals surface area (Å²) in [6.45, 7) is 3.79. The molecule has 10 nitrogen and oxygen atoms in total. The summed E-state index contributed by atoms with van der Waals surface area (Å²) >= 11 is 0. The first-order chi connectivity index (χ1) is 18.8. The molecule has 1 aliphatic rings. The predicted octanol–water partition coefficient (Wildman–Crippen LogP) is 3.26. The molecule has 204 valence electrons. The highest BCUT2D eigenvalue weighted by molar-refractivity contribution is 7.90. The zero-order valence-corrected chi connectivity index (χ0v) is 22.5. The minimum atomic E-state index is -3.02. The van der Waals surface area contributed by atoms with Gasteiger partial charge in [0.05, 0.1) is 32.1 Å².